The number of amides is 4. The van der Waals surface area contributed by atoms with E-state index >= 15 is 0 Å². The third kappa shape index (κ3) is 49.0. The fourth-order valence-corrected chi connectivity index (χ4v) is 10.5. The van der Waals surface area contributed by atoms with Crippen LogP contribution < -0.4 is 44.2 Å². The molecule has 4 amide bonds. The molecule has 37 heteroatoms. The number of hydrogen-bond donors (Lipinski definition) is 14. The molecule has 2 heterocycles. The number of aliphatic carboxylic acids is 2. The van der Waals surface area contributed by atoms with Gasteiger partial charge in [0.1, 0.15) is 62.5 Å². The first kappa shape index (κ1) is 98.7. The first-order valence-corrected chi connectivity index (χ1v) is 36.6. The van der Waals surface area contributed by atoms with Gasteiger partial charge in [-0.25, -0.2) is 24.4 Å². The van der Waals surface area contributed by atoms with Crippen molar-refractivity contribution in [1.82, 2.24) is 31.1 Å². The monoisotopic (exact) mass is 1550 g/mol. The van der Waals surface area contributed by atoms with Crippen LogP contribution >= 0.6 is 0 Å². The molecule has 0 saturated carbocycles. The number of alkyl carbamates (subject to hydrolysis) is 1. The van der Waals surface area contributed by atoms with Crippen molar-refractivity contribution in [2.75, 3.05) is 191 Å². The number of carbonyl (C=O) groups excluding carboxylic acids is 4. The van der Waals surface area contributed by atoms with Gasteiger partial charge in [0.05, 0.1) is 124 Å². The summed E-state index contributed by atoms with van der Waals surface area (Å²) in [5.41, 5.74) is 21.7. The molecule has 10 atom stereocenters. The topological polar surface area (TPSA) is 527 Å². The summed E-state index contributed by atoms with van der Waals surface area (Å²) in [4.78, 5) is 86.0. The maximum absolute atomic E-state index is 13.0. The highest BCUT2D eigenvalue weighted by atomic mass is 16.6. The summed E-state index contributed by atoms with van der Waals surface area (Å²) in [7, 11) is 0. The van der Waals surface area contributed by atoms with Gasteiger partial charge in [-0.2, -0.15) is 0 Å². The van der Waals surface area contributed by atoms with Gasteiger partial charge in [-0.05, 0) is 104 Å². The SMILES string of the molecule is C#CCOCCOCCOCCOCCN(CCCCC)CCCCNC(=O)OC(C)(C)C.C#CCOCCOCCOCCOCCN(CCCCNC(=O)CO[C@@H]([C@@H]1OC(C(=O)O)=C[C@H](N=C(N)N)[C@H]1C)[C@H](O)CO)CCCCNC(=O)CO[C@@H]([C@@H]1OC(C(=O)O)=C[C@H](N=C(N)N)[C@H]1NC(C)=O)[C@H](O)CO.[HH].[HH]. The average molecular weight is 1550 g/mol. The Bertz CT molecular complexity index is 2710. The smallest absolute Gasteiger partial charge is 0.407 e. The van der Waals surface area contributed by atoms with Crippen LogP contribution in [0, 0.1) is 30.6 Å². The number of nitrogens with zero attached hydrogens (tertiary/aromatic N) is 4. The fraction of sp³-hybridized carbons (Fsp3) is 0.775. The van der Waals surface area contributed by atoms with Crippen molar-refractivity contribution >= 4 is 47.7 Å². The first-order valence-electron chi connectivity index (χ1n) is 36.6. The lowest BCUT2D eigenvalue weighted by atomic mass is 9.87. The Kier molecular flexibility index (Phi) is 56.2. The van der Waals surface area contributed by atoms with Gasteiger partial charge < -0.3 is 146 Å². The van der Waals surface area contributed by atoms with Gasteiger partial charge in [-0.15, -0.1) is 12.8 Å². The van der Waals surface area contributed by atoms with E-state index in [0.29, 0.717) is 151 Å². The van der Waals surface area contributed by atoms with Gasteiger partial charge in [0.15, 0.2) is 18.0 Å². The van der Waals surface area contributed by atoms with Crippen LogP contribution in [0.2, 0.25) is 0 Å². The van der Waals surface area contributed by atoms with Crippen molar-refractivity contribution in [3.63, 3.8) is 0 Å². The summed E-state index contributed by atoms with van der Waals surface area (Å²) >= 11 is 0. The molecule has 0 aromatic carbocycles. The number of hydrogen-bond acceptors (Lipinski definition) is 27. The number of nitrogens with two attached hydrogens (primary N) is 4. The lowest BCUT2D eigenvalue weighted by molar-refractivity contribution is -0.160. The minimum absolute atomic E-state index is 0. The molecule has 0 saturated heterocycles. The Morgan fingerprint density at radius 1 is 0.556 bits per heavy atom. The highest BCUT2D eigenvalue weighted by molar-refractivity contribution is 5.86. The molecule has 0 aromatic rings. The second kappa shape index (κ2) is 61.5. The average Bonchev–Trinajstić information content (AvgIpc) is 0.800. The van der Waals surface area contributed by atoms with Gasteiger partial charge in [0, 0.05) is 48.4 Å². The number of ether oxygens (including phenoxy) is 13. The van der Waals surface area contributed by atoms with E-state index in [0.717, 1.165) is 38.6 Å². The molecule has 2 aliphatic rings. The van der Waals surface area contributed by atoms with Crippen LogP contribution in [-0.4, -0.2) is 340 Å². The first-order chi connectivity index (χ1) is 51.7. The zero-order valence-electron chi connectivity index (χ0n) is 64.0. The predicted octanol–water partition coefficient (Wildman–Crippen LogP) is -1.61. The quantitative estimate of drug-likeness (QED) is 0.0141. The van der Waals surface area contributed by atoms with Crippen LogP contribution in [0.25, 0.3) is 0 Å². The van der Waals surface area contributed by atoms with E-state index in [1.165, 1.54) is 32.3 Å². The van der Waals surface area contributed by atoms with Crippen LogP contribution in [-0.2, 0) is 85.6 Å². The third-order valence-electron chi connectivity index (χ3n) is 15.7. The Morgan fingerprint density at radius 3 is 1.29 bits per heavy atom. The molecule has 2 aliphatic heterocycles. The molecule has 108 heavy (non-hydrogen) atoms. The molecule has 0 fully saturated rings. The van der Waals surface area contributed by atoms with Crippen molar-refractivity contribution in [3.05, 3.63) is 23.7 Å². The minimum Gasteiger partial charge on any atom is -0.480 e. The largest absolute Gasteiger partial charge is 0.480 e. The summed E-state index contributed by atoms with van der Waals surface area (Å²) in [6.45, 7) is 20.6. The number of aliphatic hydroxyl groups excluding tert-OH is 4. The predicted molar refractivity (Wildman–Crippen MR) is 402 cm³/mol. The normalized spacial score (nSPS) is 18.0. The van der Waals surface area contributed by atoms with E-state index in [1.54, 1.807) is 6.92 Å². The number of carbonyl (C=O) groups is 6. The molecule has 0 radical (unpaired) electrons. The molecule has 0 spiro atoms. The van der Waals surface area contributed by atoms with Crippen LogP contribution in [0.15, 0.2) is 33.7 Å². The van der Waals surface area contributed by atoms with E-state index < -0.39 is 140 Å². The van der Waals surface area contributed by atoms with Crippen molar-refractivity contribution in [2.24, 2.45) is 38.8 Å². The van der Waals surface area contributed by atoms with E-state index in [2.05, 4.69) is 59.8 Å². The molecular weight excluding hydrogens is 1420 g/mol. The minimum atomic E-state index is -1.70. The van der Waals surface area contributed by atoms with Gasteiger partial charge in [0.25, 0.3) is 0 Å². The van der Waals surface area contributed by atoms with Crippen molar-refractivity contribution in [1.29, 1.82) is 0 Å². The summed E-state index contributed by atoms with van der Waals surface area (Å²) < 4.78 is 71.5. The highest BCUT2D eigenvalue weighted by Crippen LogP contribution is 2.31. The number of aliphatic hydroxyl groups is 4. The second-order valence-corrected chi connectivity index (χ2v) is 25.9. The molecule has 37 nitrogen and oxygen atoms in total. The van der Waals surface area contributed by atoms with Crippen LogP contribution in [0.5, 0.6) is 0 Å². The summed E-state index contributed by atoms with van der Waals surface area (Å²) in [6, 6.07) is -3.23. The van der Waals surface area contributed by atoms with Gasteiger partial charge in [-0.3, -0.25) is 14.4 Å². The zero-order chi connectivity index (χ0) is 80.3. The molecule has 0 unspecified atom stereocenters. The lowest BCUT2D eigenvalue weighted by Crippen LogP contribution is -2.60. The number of aliphatic imine (C=N–C) groups is 2. The standard InChI is InChI=1S/C46H78N10O19.C25H48N2O6.2H2/c1-4-14-68-16-18-70-20-21-71-19-17-69-15-13-56(11-7-5-9-51-36(62)26-72-40(32(60)24-57)39-28(2)30(54-45(47)48)22-34(74-39)43(64)65)12-8-6-10-52-37(63)27-73-41(33(61)25-58)42-38(53-29(3)59)31(55-46(49)50)23-35(75-42)44(66)67;1-6-8-10-13-27(14-11-9-12-26-24(28)33-25(3,4)5)15-17-30-19-21-32-23-22-31-20-18-29-16-7-2;;/h1,22-23,28,30-33,38-42,57-58,60-61H,5-21,24-27H2,2-3H3,(H,51,62)(H,52,63)(H,53,59)(H,64,65)(H,66,67)(H4,47,48,54)(H4,49,50,55);2H,6,8-23H2,1,3-5H3,(H,26,28);2*1H/t28-,30+,31+,32-,33-,38-,39-,40-,41-,42-;;;/m1.../s1. The fourth-order valence-electron chi connectivity index (χ4n) is 10.5. The number of carboxylic acids is 2. The molecular formula is C71H130N12O25. The lowest BCUT2D eigenvalue weighted by Gasteiger charge is -2.40. The molecule has 624 valence electrons. The second-order valence-electron chi connectivity index (χ2n) is 25.9. The van der Waals surface area contributed by atoms with Crippen LogP contribution in [0.3, 0.4) is 0 Å². The Labute approximate surface area is 638 Å². The van der Waals surface area contributed by atoms with Crippen molar-refractivity contribution < 1.29 is 124 Å². The van der Waals surface area contributed by atoms with Gasteiger partial charge >= 0.3 is 18.0 Å². The third-order valence-corrected chi connectivity index (χ3v) is 15.7. The maximum Gasteiger partial charge on any atom is 0.407 e. The Hall–Kier alpha value is -7.28. The zero-order valence-corrected chi connectivity index (χ0v) is 64.0. The van der Waals surface area contributed by atoms with E-state index in [4.69, 9.17) is 97.4 Å². The number of terminal acetylenes is 2. The van der Waals surface area contributed by atoms with E-state index in [9.17, 15) is 59.4 Å². The molecule has 0 aliphatic carbocycles. The number of unbranched alkanes of at least 4 members (excludes halogenated alkanes) is 5. The number of nitrogens with one attached hydrogen (secondary N) is 4. The Morgan fingerprint density at radius 2 is 0.917 bits per heavy atom. The molecule has 18 N–H and O–H groups in total. The molecule has 0 aromatic heterocycles. The molecule has 0 bridgehead atoms. The van der Waals surface area contributed by atoms with Crippen molar-refractivity contribution in [2.45, 2.75) is 160 Å². The van der Waals surface area contributed by atoms with E-state index in [-0.39, 0.29) is 34.6 Å². The van der Waals surface area contributed by atoms with Crippen molar-refractivity contribution in [3.8, 4) is 24.7 Å². The van der Waals surface area contributed by atoms with Gasteiger partial charge in [0.2, 0.25) is 29.2 Å². The van der Waals surface area contributed by atoms with Crippen LogP contribution in [0.1, 0.15) is 102 Å². The van der Waals surface area contributed by atoms with E-state index in [1.807, 2.05) is 20.8 Å². The summed E-state index contributed by atoms with van der Waals surface area (Å²) in [5.74, 6) is -2.37. The maximum atomic E-state index is 13.0. The Balaban J connectivity index is 0. The number of carboxylic acid groups (broad SMARTS) is 2. The highest BCUT2D eigenvalue weighted by Gasteiger charge is 2.46. The molecule has 2 rings (SSSR count). The number of guanidine groups is 2. The number of rotatable bonds is 62. The van der Waals surface area contributed by atoms with Gasteiger partial charge in [-0.1, -0.05) is 38.5 Å². The summed E-state index contributed by atoms with van der Waals surface area (Å²) in [5, 5.41) is 71.1. The summed E-state index contributed by atoms with van der Waals surface area (Å²) in [6.07, 6.45) is 11.3. The van der Waals surface area contributed by atoms with Crippen LogP contribution in [0.4, 0.5) is 4.79 Å².